The standard InChI is InChI=1S/C18H16NO7PS.2Na/c1-10-5-12(7-15-18(10)24-9-23-15)17-13(8-25-19-17)11-3-4-16(28-2)14(6-11)26-27(20,21)22;;/h3-8H,9H2,1-2H3,(H2,20,21,22);;/q;2*+1/p-2. The quantitative estimate of drug-likeness (QED) is 0.221. The number of fused-ring (bicyclic) bond motifs is 1. The third-order valence-electron chi connectivity index (χ3n) is 4.19. The molecule has 3 aromatic rings. The average molecular weight is 465 g/mol. The van der Waals surface area contributed by atoms with Crippen LogP contribution in [0, 0.1) is 6.92 Å². The number of aromatic nitrogens is 1. The summed E-state index contributed by atoms with van der Waals surface area (Å²) in [6.07, 6.45) is 3.20. The van der Waals surface area contributed by atoms with Gasteiger partial charge in [-0.25, -0.2) is 0 Å². The maximum Gasteiger partial charge on any atom is 1.00 e. The Balaban J connectivity index is 0.00000160. The van der Waals surface area contributed by atoms with Gasteiger partial charge in [0.25, 0.3) is 0 Å². The summed E-state index contributed by atoms with van der Waals surface area (Å²) in [6, 6.07) is 8.62. The molecule has 0 spiro atoms. The van der Waals surface area contributed by atoms with Crippen molar-refractivity contribution in [2.24, 2.45) is 0 Å². The van der Waals surface area contributed by atoms with Crippen LogP contribution in [0.4, 0.5) is 0 Å². The molecule has 0 aliphatic carbocycles. The van der Waals surface area contributed by atoms with E-state index < -0.39 is 7.82 Å². The number of rotatable bonds is 5. The molecular formula is C18H14NNa2O7PS. The first-order valence-electron chi connectivity index (χ1n) is 8.11. The number of thioether (sulfide) groups is 1. The zero-order chi connectivity index (χ0) is 19.9. The summed E-state index contributed by atoms with van der Waals surface area (Å²) in [5.74, 6) is 1.27. The van der Waals surface area contributed by atoms with Crippen LogP contribution in [-0.4, -0.2) is 18.2 Å². The average Bonchev–Trinajstić information content (AvgIpc) is 3.29. The van der Waals surface area contributed by atoms with Crippen molar-refractivity contribution in [2.45, 2.75) is 11.8 Å². The van der Waals surface area contributed by atoms with Crippen molar-refractivity contribution in [2.75, 3.05) is 13.0 Å². The zero-order valence-electron chi connectivity index (χ0n) is 16.8. The molecule has 0 radical (unpaired) electrons. The predicted octanol–water partition coefficient (Wildman–Crippen LogP) is -3.02. The number of nitrogens with zero attached hydrogens (tertiary/aromatic N) is 1. The fourth-order valence-electron chi connectivity index (χ4n) is 3.01. The molecule has 1 aliphatic heterocycles. The molecule has 8 nitrogen and oxygen atoms in total. The first-order valence-corrected chi connectivity index (χ1v) is 10.8. The van der Waals surface area contributed by atoms with Gasteiger partial charge in [0.2, 0.25) is 6.79 Å². The van der Waals surface area contributed by atoms with Crippen molar-refractivity contribution in [1.29, 1.82) is 0 Å². The second kappa shape index (κ2) is 10.4. The van der Waals surface area contributed by atoms with Gasteiger partial charge in [-0.15, -0.1) is 11.8 Å². The topological polar surface area (TPSA) is 117 Å². The smallest absolute Gasteiger partial charge is 0.780 e. The molecule has 0 atom stereocenters. The van der Waals surface area contributed by atoms with Gasteiger partial charge >= 0.3 is 59.1 Å². The van der Waals surface area contributed by atoms with Crippen molar-refractivity contribution >= 4 is 19.6 Å². The van der Waals surface area contributed by atoms with Crippen molar-refractivity contribution in [1.82, 2.24) is 5.16 Å². The van der Waals surface area contributed by atoms with Crippen LogP contribution in [-0.2, 0) is 4.57 Å². The molecule has 0 saturated heterocycles. The molecule has 0 amide bonds. The van der Waals surface area contributed by atoms with E-state index in [0.717, 1.165) is 11.1 Å². The molecule has 1 aliphatic rings. The van der Waals surface area contributed by atoms with E-state index in [-0.39, 0.29) is 71.7 Å². The summed E-state index contributed by atoms with van der Waals surface area (Å²) in [5.41, 5.74) is 3.38. The van der Waals surface area contributed by atoms with E-state index in [9.17, 15) is 14.4 Å². The normalized spacial score (nSPS) is 12.1. The van der Waals surface area contributed by atoms with Crippen molar-refractivity contribution in [3.63, 3.8) is 0 Å². The van der Waals surface area contributed by atoms with Crippen LogP contribution in [0.3, 0.4) is 0 Å². The van der Waals surface area contributed by atoms with Gasteiger partial charge in [0.05, 0.1) is 0 Å². The Labute approximate surface area is 221 Å². The van der Waals surface area contributed by atoms with Gasteiger partial charge in [0.15, 0.2) is 11.5 Å². The maximum atomic E-state index is 11.1. The van der Waals surface area contributed by atoms with Crippen LogP contribution in [0.2, 0.25) is 0 Å². The number of phosphoric acid groups is 1. The molecule has 0 bridgehead atoms. The number of phosphoric ester groups is 1. The van der Waals surface area contributed by atoms with Gasteiger partial charge in [-0.3, -0.25) is 0 Å². The van der Waals surface area contributed by atoms with Crippen molar-refractivity contribution in [3.8, 4) is 39.6 Å². The molecule has 0 fully saturated rings. The molecule has 2 aromatic carbocycles. The van der Waals surface area contributed by atoms with Gasteiger partial charge in [-0.2, -0.15) is 0 Å². The van der Waals surface area contributed by atoms with E-state index in [0.29, 0.717) is 33.2 Å². The van der Waals surface area contributed by atoms with Gasteiger partial charge < -0.3 is 32.9 Å². The molecule has 146 valence electrons. The molecular weight excluding hydrogens is 451 g/mol. The zero-order valence-corrected chi connectivity index (χ0v) is 22.5. The number of aryl methyl sites for hydroxylation is 1. The van der Waals surface area contributed by atoms with Crippen LogP contribution in [0.5, 0.6) is 17.2 Å². The number of benzene rings is 2. The van der Waals surface area contributed by atoms with Crippen LogP contribution >= 0.6 is 19.6 Å². The summed E-state index contributed by atoms with van der Waals surface area (Å²) in [4.78, 5) is 22.7. The summed E-state index contributed by atoms with van der Waals surface area (Å²) in [5, 5.41) is 4.08. The van der Waals surface area contributed by atoms with Gasteiger partial charge in [0, 0.05) is 16.0 Å². The number of hydrogen-bond donors (Lipinski definition) is 0. The Kier molecular flexibility index (Phi) is 8.98. The first-order chi connectivity index (χ1) is 13.4. The fourth-order valence-corrected chi connectivity index (χ4v) is 3.97. The van der Waals surface area contributed by atoms with Crippen LogP contribution in [0.1, 0.15) is 5.56 Å². The first kappa shape index (κ1) is 25.8. The summed E-state index contributed by atoms with van der Waals surface area (Å²) in [7, 11) is -5.19. The maximum absolute atomic E-state index is 11.1. The Morgan fingerprint density at radius 2 is 1.90 bits per heavy atom. The van der Waals surface area contributed by atoms with Crippen LogP contribution in [0.15, 0.2) is 46.0 Å². The second-order valence-corrected chi connectivity index (χ2v) is 7.93. The molecule has 4 rings (SSSR count). The third-order valence-corrected chi connectivity index (χ3v) is 5.38. The van der Waals surface area contributed by atoms with Crippen LogP contribution in [0.25, 0.3) is 22.4 Å². The summed E-state index contributed by atoms with van der Waals surface area (Å²) >= 11 is 1.26. The van der Waals surface area contributed by atoms with E-state index >= 15 is 0 Å². The molecule has 0 unspecified atom stereocenters. The molecule has 30 heavy (non-hydrogen) atoms. The Morgan fingerprint density at radius 1 is 1.13 bits per heavy atom. The van der Waals surface area contributed by atoms with E-state index in [1.54, 1.807) is 24.5 Å². The second-order valence-electron chi connectivity index (χ2n) is 6.01. The van der Waals surface area contributed by atoms with Crippen LogP contribution < -0.4 is 82.9 Å². The molecule has 1 aromatic heterocycles. The van der Waals surface area contributed by atoms with Gasteiger partial charge in [-0.1, -0.05) is 11.2 Å². The van der Waals surface area contributed by atoms with E-state index in [4.69, 9.17) is 14.0 Å². The SMILES string of the molecule is CSc1ccc(-c2conc2-c2cc(C)c3c(c2)OCO3)cc1OP(=O)([O-])[O-].[Na+].[Na+]. The van der Waals surface area contributed by atoms with Crippen molar-refractivity contribution < 1.29 is 92.0 Å². The fraction of sp³-hybridized carbons (Fsp3) is 0.167. The summed E-state index contributed by atoms with van der Waals surface area (Å²) < 4.78 is 31.8. The molecule has 2 heterocycles. The van der Waals surface area contributed by atoms with E-state index in [2.05, 4.69) is 9.68 Å². The molecule has 0 saturated carbocycles. The Hall–Kier alpha value is -0.450. The minimum Gasteiger partial charge on any atom is -0.780 e. The monoisotopic (exact) mass is 465 g/mol. The molecule has 0 N–H and O–H groups in total. The number of ether oxygens (including phenoxy) is 2. The summed E-state index contributed by atoms with van der Waals surface area (Å²) in [6.45, 7) is 2.06. The van der Waals surface area contributed by atoms with Gasteiger partial charge in [-0.05, 0) is 48.6 Å². The Morgan fingerprint density at radius 3 is 2.60 bits per heavy atom. The van der Waals surface area contributed by atoms with E-state index in [1.807, 2.05) is 13.0 Å². The van der Waals surface area contributed by atoms with E-state index in [1.165, 1.54) is 24.1 Å². The third kappa shape index (κ3) is 5.48. The predicted molar refractivity (Wildman–Crippen MR) is 98.3 cm³/mol. The minimum atomic E-state index is -5.19. The molecule has 12 heteroatoms. The van der Waals surface area contributed by atoms with Crippen molar-refractivity contribution in [3.05, 3.63) is 42.2 Å². The Bertz CT molecular complexity index is 1100. The largest absolute Gasteiger partial charge is 1.00 e. The number of hydrogen-bond acceptors (Lipinski definition) is 9. The minimum absolute atomic E-state index is 0. The van der Waals surface area contributed by atoms with Gasteiger partial charge in [0.1, 0.15) is 25.5 Å².